The molecule has 1 heterocycles. The molecule has 14 heavy (non-hydrogen) atoms. The quantitative estimate of drug-likeness (QED) is 0.536. The van der Waals surface area contributed by atoms with Crippen molar-refractivity contribution in [1.29, 1.82) is 0 Å². The monoisotopic (exact) mass is 224 g/mol. The molecule has 1 saturated heterocycles. The van der Waals surface area contributed by atoms with Gasteiger partial charge in [0.25, 0.3) is 5.91 Å². The van der Waals surface area contributed by atoms with Gasteiger partial charge in [0.2, 0.25) is 0 Å². The molecule has 0 atom stereocenters. The Labute approximate surface area is 83.6 Å². The van der Waals surface area contributed by atoms with Crippen molar-refractivity contribution in [2.45, 2.75) is 12.6 Å². The van der Waals surface area contributed by atoms with Gasteiger partial charge in [0, 0.05) is 7.05 Å². The van der Waals surface area contributed by atoms with Crippen molar-refractivity contribution in [3.8, 4) is 0 Å². The minimum Gasteiger partial charge on any atom is -0.328 e. The first-order chi connectivity index (χ1) is 6.31. The van der Waals surface area contributed by atoms with Crippen LogP contribution in [-0.2, 0) is 4.79 Å². The first-order valence-corrected chi connectivity index (χ1v) is 4.08. The molecule has 1 fully saturated rings. The van der Waals surface area contributed by atoms with Crippen LogP contribution in [0.1, 0.15) is 6.42 Å². The number of nitrogens with one attached hydrogen (secondary N) is 1. The molecule has 3 nitrogen and oxygen atoms in total. The van der Waals surface area contributed by atoms with Crippen LogP contribution in [0.3, 0.4) is 0 Å². The Bertz CT molecular complexity index is 311. The Kier molecular flexibility index (Phi) is 2.79. The molecule has 1 amide bonds. The molecule has 0 unspecified atom stereocenters. The molecule has 0 aromatic rings. The van der Waals surface area contributed by atoms with Crippen LogP contribution in [0.2, 0.25) is 0 Å². The second-order valence-electron chi connectivity index (χ2n) is 2.73. The lowest BCUT2D eigenvalue weighted by atomic mass is 10.3. The fraction of sp³-hybridized carbons (Fsp3) is 0.429. The van der Waals surface area contributed by atoms with E-state index in [1.54, 1.807) is 0 Å². The van der Waals surface area contributed by atoms with Crippen LogP contribution in [0, 0.1) is 0 Å². The smallest absolute Gasteiger partial charge is 0.328 e. The van der Waals surface area contributed by atoms with Crippen molar-refractivity contribution in [2.24, 2.45) is 0 Å². The van der Waals surface area contributed by atoms with E-state index in [1.807, 2.05) is 0 Å². The van der Waals surface area contributed by atoms with E-state index in [2.05, 4.69) is 17.5 Å². The molecule has 1 aliphatic rings. The third kappa shape index (κ3) is 2.44. The fourth-order valence-corrected chi connectivity index (χ4v) is 1.07. The molecule has 78 valence electrons. The zero-order valence-electron chi connectivity index (χ0n) is 7.18. The van der Waals surface area contributed by atoms with Crippen molar-refractivity contribution in [3.63, 3.8) is 0 Å². The third-order valence-corrected chi connectivity index (χ3v) is 1.99. The second kappa shape index (κ2) is 3.56. The lowest BCUT2D eigenvalue weighted by Crippen LogP contribution is -2.25. The van der Waals surface area contributed by atoms with Gasteiger partial charge in [-0.2, -0.15) is 13.2 Å². The average Bonchev–Trinajstić information content (AvgIpc) is 2.28. The van der Waals surface area contributed by atoms with Crippen molar-refractivity contribution in [1.82, 2.24) is 10.2 Å². The number of likely N-dealkylation sites (N-methyl/N-ethyl adjacent to an activating group) is 1. The first-order valence-electron chi connectivity index (χ1n) is 3.67. The maximum Gasteiger partial charge on any atom is 0.392 e. The van der Waals surface area contributed by atoms with Gasteiger partial charge in [0.15, 0.2) is 5.11 Å². The summed E-state index contributed by atoms with van der Waals surface area (Å²) in [6, 6.07) is 0. The number of nitrogens with zero attached hydrogens (tertiary/aromatic N) is 1. The van der Waals surface area contributed by atoms with Gasteiger partial charge < -0.3 is 5.32 Å². The summed E-state index contributed by atoms with van der Waals surface area (Å²) in [6.07, 6.45) is -4.66. The van der Waals surface area contributed by atoms with Gasteiger partial charge >= 0.3 is 6.18 Å². The van der Waals surface area contributed by atoms with Crippen LogP contribution >= 0.6 is 12.2 Å². The molecule has 0 aliphatic carbocycles. The molecular weight excluding hydrogens is 217 g/mol. The number of thiocarbonyl (C=S) groups is 1. The number of amides is 1. The highest BCUT2D eigenvalue weighted by Gasteiger charge is 2.30. The Morgan fingerprint density at radius 3 is 2.50 bits per heavy atom. The van der Waals surface area contributed by atoms with Crippen molar-refractivity contribution in [3.05, 3.63) is 11.8 Å². The maximum absolute atomic E-state index is 11.8. The summed E-state index contributed by atoms with van der Waals surface area (Å²) in [5.41, 5.74) is -0.116. The SMILES string of the molecule is CN1C(=O)/C(=C\CC(F)(F)F)NC1=S. The summed E-state index contributed by atoms with van der Waals surface area (Å²) in [7, 11) is 1.39. The highest BCUT2D eigenvalue weighted by Crippen LogP contribution is 2.21. The highest BCUT2D eigenvalue weighted by molar-refractivity contribution is 7.80. The Morgan fingerprint density at radius 1 is 1.57 bits per heavy atom. The number of hydrogen-bond acceptors (Lipinski definition) is 2. The number of rotatable bonds is 1. The van der Waals surface area contributed by atoms with Crippen molar-refractivity contribution in [2.75, 3.05) is 7.05 Å². The summed E-state index contributed by atoms with van der Waals surface area (Å²) < 4.78 is 35.4. The topological polar surface area (TPSA) is 32.3 Å². The van der Waals surface area contributed by atoms with Gasteiger partial charge in [-0.1, -0.05) is 0 Å². The van der Waals surface area contributed by atoms with Gasteiger partial charge in [-0.3, -0.25) is 9.69 Å². The Morgan fingerprint density at radius 2 is 2.14 bits per heavy atom. The van der Waals surface area contributed by atoms with Crippen LogP contribution in [0.15, 0.2) is 11.8 Å². The van der Waals surface area contributed by atoms with E-state index in [9.17, 15) is 18.0 Å². The Balaban J connectivity index is 2.72. The molecule has 1 N–H and O–H groups in total. The first kappa shape index (κ1) is 11.0. The van der Waals surface area contributed by atoms with Crippen LogP contribution in [-0.4, -0.2) is 29.1 Å². The summed E-state index contributed by atoms with van der Waals surface area (Å²) >= 11 is 4.68. The van der Waals surface area contributed by atoms with Gasteiger partial charge in [-0.15, -0.1) is 0 Å². The largest absolute Gasteiger partial charge is 0.392 e. The number of carbonyl (C=O) groups excluding carboxylic acids is 1. The van der Waals surface area contributed by atoms with E-state index in [4.69, 9.17) is 0 Å². The number of hydrogen-bond donors (Lipinski definition) is 1. The van der Waals surface area contributed by atoms with E-state index in [1.165, 1.54) is 7.05 Å². The van der Waals surface area contributed by atoms with E-state index in [0.29, 0.717) is 0 Å². The molecule has 1 rings (SSSR count). The number of halogens is 3. The van der Waals surface area contributed by atoms with Gasteiger partial charge in [0.1, 0.15) is 5.70 Å². The third-order valence-electron chi connectivity index (χ3n) is 1.62. The van der Waals surface area contributed by atoms with E-state index in [-0.39, 0.29) is 10.8 Å². The van der Waals surface area contributed by atoms with Crippen molar-refractivity contribution < 1.29 is 18.0 Å². The van der Waals surface area contributed by atoms with Gasteiger partial charge in [-0.05, 0) is 18.3 Å². The molecule has 0 saturated carbocycles. The summed E-state index contributed by atoms with van der Waals surface area (Å²) in [5, 5.41) is 2.51. The molecule has 0 bridgehead atoms. The zero-order valence-corrected chi connectivity index (χ0v) is 8.00. The summed E-state index contributed by atoms with van der Waals surface area (Å²) in [4.78, 5) is 12.3. The van der Waals surface area contributed by atoms with Crippen molar-refractivity contribution >= 4 is 23.2 Å². The number of carbonyl (C=O) groups is 1. The van der Waals surface area contributed by atoms with Crippen LogP contribution in [0.25, 0.3) is 0 Å². The van der Waals surface area contributed by atoms with E-state index in [0.717, 1.165) is 11.0 Å². The maximum atomic E-state index is 11.8. The fourth-order valence-electron chi connectivity index (χ4n) is 0.882. The molecule has 1 aliphatic heterocycles. The van der Waals surface area contributed by atoms with E-state index >= 15 is 0 Å². The predicted molar refractivity (Wildman–Crippen MR) is 47.3 cm³/mol. The summed E-state index contributed by atoms with van der Waals surface area (Å²) in [5.74, 6) is -0.542. The molecule has 7 heteroatoms. The van der Waals surface area contributed by atoms with E-state index < -0.39 is 18.5 Å². The summed E-state index contributed by atoms with van der Waals surface area (Å²) in [6.45, 7) is 0. The highest BCUT2D eigenvalue weighted by atomic mass is 32.1. The average molecular weight is 224 g/mol. The Hall–Kier alpha value is -1.11. The van der Waals surface area contributed by atoms with Gasteiger partial charge in [-0.25, -0.2) is 0 Å². The van der Waals surface area contributed by atoms with Crippen LogP contribution in [0.5, 0.6) is 0 Å². The van der Waals surface area contributed by atoms with Crippen LogP contribution < -0.4 is 5.32 Å². The minimum atomic E-state index is -4.31. The van der Waals surface area contributed by atoms with Crippen LogP contribution in [0.4, 0.5) is 13.2 Å². The molecule has 0 aromatic carbocycles. The molecule has 0 radical (unpaired) electrons. The van der Waals surface area contributed by atoms with Gasteiger partial charge in [0.05, 0.1) is 6.42 Å². The standard InChI is InChI=1S/C7H7F3N2OS/c1-12-5(13)4(11-6(12)14)2-3-7(8,9)10/h2H,3H2,1H3,(H,11,14)/b4-2+. The minimum absolute atomic E-state index is 0.114. The number of alkyl halides is 3. The normalized spacial score (nSPS) is 20.6. The molecule has 0 spiro atoms. The predicted octanol–water partition coefficient (Wildman–Crippen LogP) is 1.17. The molecule has 0 aromatic heterocycles. The molecular formula is C7H7F3N2OS. The zero-order chi connectivity index (χ0) is 10.9. The number of allylic oxidation sites excluding steroid dienone is 1. The lowest BCUT2D eigenvalue weighted by Gasteiger charge is -2.03. The lowest BCUT2D eigenvalue weighted by molar-refractivity contribution is -0.125. The second-order valence-corrected chi connectivity index (χ2v) is 3.12.